The van der Waals surface area contributed by atoms with E-state index >= 15 is 0 Å². The molecule has 1 fully saturated rings. The Labute approximate surface area is 80.9 Å². The molecule has 0 aromatic heterocycles. The van der Waals surface area contributed by atoms with Crippen LogP contribution in [0.25, 0.3) is 0 Å². The summed E-state index contributed by atoms with van der Waals surface area (Å²) in [6, 6.07) is 0. The van der Waals surface area contributed by atoms with Gasteiger partial charge in [0.05, 0.1) is 5.92 Å². The van der Waals surface area contributed by atoms with Gasteiger partial charge < -0.3 is 5.32 Å². The molecule has 1 N–H and O–H groups in total. The number of alkyl halides is 3. The number of carbonyl (C=O) groups is 1. The first-order chi connectivity index (χ1) is 6.54. The third-order valence-electron chi connectivity index (χ3n) is 2.80. The summed E-state index contributed by atoms with van der Waals surface area (Å²) in [5.41, 5.74) is 0. The fraction of sp³-hybridized carbons (Fsp3) is 0.889. The predicted molar refractivity (Wildman–Crippen MR) is 45.6 cm³/mol. The standard InChI is InChI=1S/C9H14F3NO/c10-9(11,12)8-3-1-7(2-4-8)5-13-6-14/h6-8H,1-5H2,(H,13,14). The van der Waals surface area contributed by atoms with Crippen molar-refractivity contribution in [3.63, 3.8) is 0 Å². The Morgan fingerprint density at radius 3 is 2.21 bits per heavy atom. The average molecular weight is 209 g/mol. The number of halogens is 3. The predicted octanol–water partition coefficient (Wildman–Crippen LogP) is 2.10. The molecule has 5 heteroatoms. The molecule has 1 amide bonds. The minimum absolute atomic E-state index is 0.203. The number of hydrogen-bond donors (Lipinski definition) is 1. The first-order valence-corrected chi connectivity index (χ1v) is 4.77. The highest BCUT2D eigenvalue weighted by atomic mass is 19.4. The molecule has 14 heavy (non-hydrogen) atoms. The summed E-state index contributed by atoms with van der Waals surface area (Å²) in [5, 5.41) is 2.51. The van der Waals surface area contributed by atoms with Gasteiger partial charge in [-0.25, -0.2) is 0 Å². The largest absolute Gasteiger partial charge is 0.391 e. The Morgan fingerprint density at radius 1 is 1.21 bits per heavy atom. The van der Waals surface area contributed by atoms with Gasteiger partial charge in [-0.05, 0) is 31.6 Å². The zero-order valence-electron chi connectivity index (χ0n) is 7.81. The Morgan fingerprint density at radius 2 is 1.79 bits per heavy atom. The first-order valence-electron chi connectivity index (χ1n) is 4.77. The van der Waals surface area contributed by atoms with Gasteiger partial charge in [-0.2, -0.15) is 13.2 Å². The van der Waals surface area contributed by atoms with Gasteiger partial charge >= 0.3 is 6.18 Å². The molecule has 0 atom stereocenters. The molecule has 1 aliphatic carbocycles. The molecule has 2 nitrogen and oxygen atoms in total. The maximum atomic E-state index is 12.2. The molecular weight excluding hydrogens is 195 g/mol. The third-order valence-corrected chi connectivity index (χ3v) is 2.80. The van der Waals surface area contributed by atoms with Crippen LogP contribution in [0.1, 0.15) is 25.7 Å². The molecule has 0 aromatic carbocycles. The highest BCUT2D eigenvalue weighted by molar-refractivity contribution is 5.45. The van der Waals surface area contributed by atoms with Crippen LogP contribution in [-0.2, 0) is 4.79 Å². The molecule has 0 aromatic rings. The highest BCUT2D eigenvalue weighted by Gasteiger charge is 2.41. The fourth-order valence-corrected chi connectivity index (χ4v) is 1.91. The minimum atomic E-state index is -4.04. The fourth-order valence-electron chi connectivity index (χ4n) is 1.91. The van der Waals surface area contributed by atoms with E-state index in [9.17, 15) is 18.0 Å². The Bertz CT molecular complexity index is 185. The molecule has 0 saturated heterocycles. The van der Waals surface area contributed by atoms with Crippen molar-refractivity contribution >= 4 is 6.41 Å². The lowest BCUT2D eigenvalue weighted by Crippen LogP contribution is -2.31. The molecule has 1 rings (SSSR count). The van der Waals surface area contributed by atoms with Crippen LogP contribution in [0.4, 0.5) is 13.2 Å². The van der Waals surface area contributed by atoms with E-state index in [1.165, 1.54) is 0 Å². The van der Waals surface area contributed by atoms with Gasteiger partial charge in [0.15, 0.2) is 0 Å². The van der Waals surface area contributed by atoms with Crippen molar-refractivity contribution < 1.29 is 18.0 Å². The topological polar surface area (TPSA) is 29.1 Å². The van der Waals surface area contributed by atoms with Crippen LogP contribution in [0.3, 0.4) is 0 Å². The van der Waals surface area contributed by atoms with Crippen molar-refractivity contribution in [2.75, 3.05) is 6.54 Å². The van der Waals surface area contributed by atoms with Crippen molar-refractivity contribution in [3.8, 4) is 0 Å². The average Bonchev–Trinajstić information content (AvgIpc) is 2.14. The maximum absolute atomic E-state index is 12.2. The second kappa shape index (κ2) is 4.66. The van der Waals surface area contributed by atoms with E-state index in [0.29, 0.717) is 25.8 Å². The summed E-state index contributed by atoms with van der Waals surface area (Å²) in [7, 11) is 0. The van der Waals surface area contributed by atoms with E-state index in [1.807, 2.05) is 0 Å². The molecule has 0 unspecified atom stereocenters. The molecule has 0 heterocycles. The molecular formula is C9H14F3NO. The van der Waals surface area contributed by atoms with Crippen LogP contribution in [0.15, 0.2) is 0 Å². The van der Waals surface area contributed by atoms with Crippen molar-refractivity contribution in [1.29, 1.82) is 0 Å². The van der Waals surface area contributed by atoms with Crippen LogP contribution in [0.5, 0.6) is 0 Å². The van der Waals surface area contributed by atoms with Gasteiger partial charge in [-0.1, -0.05) is 0 Å². The first kappa shape index (κ1) is 11.3. The van der Waals surface area contributed by atoms with Gasteiger partial charge in [-0.15, -0.1) is 0 Å². The zero-order chi connectivity index (χ0) is 10.6. The summed E-state index contributed by atoms with van der Waals surface area (Å²) in [5.74, 6) is -0.909. The van der Waals surface area contributed by atoms with Crippen molar-refractivity contribution in [1.82, 2.24) is 5.32 Å². The number of nitrogens with one attached hydrogen (secondary N) is 1. The monoisotopic (exact) mass is 209 g/mol. The lowest BCUT2D eigenvalue weighted by atomic mass is 9.82. The van der Waals surface area contributed by atoms with Gasteiger partial charge in [0.1, 0.15) is 0 Å². The van der Waals surface area contributed by atoms with E-state index in [2.05, 4.69) is 5.32 Å². The molecule has 1 aliphatic rings. The maximum Gasteiger partial charge on any atom is 0.391 e. The van der Waals surface area contributed by atoms with Gasteiger partial charge in [0, 0.05) is 6.54 Å². The van der Waals surface area contributed by atoms with Crippen LogP contribution in [-0.4, -0.2) is 19.1 Å². The second-order valence-electron chi connectivity index (χ2n) is 3.79. The molecule has 0 radical (unpaired) electrons. The van der Waals surface area contributed by atoms with Crippen LogP contribution < -0.4 is 5.32 Å². The van der Waals surface area contributed by atoms with E-state index in [0.717, 1.165) is 0 Å². The number of rotatable bonds is 3. The lowest BCUT2D eigenvalue weighted by Gasteiger charge is -2.29. The quantitative estimate of drug-likeness (QED) is 0.708. The summed E-state index contributed by atoms with van der Waals surface area (Å²) >= 11 is 0. The molecule has 0 spiro atoms. The van der Waals surface area contributed by atoms with E-state index in [1.54, 1.807) is 0 Å². The lowest BCUT2D eigenvalue weighted by molar-refractivity contribution is -0.183. The van der Waals surface area contributed by atoms with Crippen LogP contribution in [0, 0.1) is 11.8 Å². The van der Waals surface area contributed by atoms with E-state index in [4.69, 9.17) is 0 Å². The highest BCUT2D eigenvalue weighted by Crippen LogP contribution is 2.39. The Balaban J connectivity index is 2.27. The van der Waals surface area contributed by atoms with Crippen molar-refractivity contribution in [3.05, 3.63) is 0 Å². The van der Waals surface area contributed by atoms with Crippen molar-refractivity contribution in [2.45, 2.75) is 31.9 Å². The molecule has 0 bridgehead atoms. The Kier molecular flexibility index (Phi) is 3.77. The molecule has 0 aliphatic heterocycles. The van der Waals surface area contributed by atoms with Crippen molar-refractivity contribution in [2.24, 2.45) is 11.8 Å². The van der Waals surface area contributed by atoms with Gasteiger partial charge in [0.25, 0.3) is 0 Å². The minimum Gasteiger partial charge on any atom is -0.358 e. The normalized spacial score (nSPS) is 28.5. The summed E-state index contributed by atoms with van der Waals surface area (Å²) < 4.78 is 36.7. The molecule has 82 valence electrons. The van der Waals surface area contributed by atoms with Crippen LogP contribution in [0.2, 0.25) is 0 Å². The molecule has 1 saturated carbocycles. The summed E-state index contributed by atoms with van der Waals surface area (Å²) in [6.07, 6.45) is -1.92. The SMILES string of the molecule is O=CNCC1CCC(C(F)(F)F)CC1. The van der Waals surface area contributed by atoms with E-state index < -0.39 is 12.1 Å². The zero-order valence-corrected chi connectivity index (χ0v) is 7.81. The second-order valence-corrected chi connectivity index (χ2v) is 3.79. The van der Waals surface area contributed by atoms with Gasteiger partial charge in [0.2, 0.25) is 6.41 Å². The summed E-state index contributed by atoms with van der Waals surface area (Å²) in [6.45, 7) is 0.508. The smallest absolute Gasteiger partial charge is 0.358 e. The Hall–Kier alpha value is -0.740. The number of amides is 1. The van der Waals surface area contributed by atoms with Crippen LogP contribution >= 0.6 is 0 Å². The third kappa shape index (κ3) is 3.20. The van der Waals surface area contributed by atoms with E-state index in [-0.39, 0.29) is 18.8 Å². The summed E-state index contributed by atoms with van der Waals surface area (Å²) in [4.78, 5) is 9.98. The number of carbonyl (C=O) groups excluding carboxylic acids is 1. The number of hydrogen-bond acceptors (Lipinski definition) is 1. The van der Waals surface area contributed by atoms with Gasteiger partial charge in [-0.3, -0.25) is 4.79 Å².